The molecule has 1 aromatic rings. The Morgan fingerprint density at radius 3 is 3.00 bits per heavy atom. The van der Waals surface area contributed by atoms with E-state index in [9.17, 15) is 0 Å². The van der Waals surface area contributed by atoms with Gasteiger partial charge in [0.05, 0.1) is 12.6 Å². The van der Waals surface area contributed by atoms with E-state index in [4.69, 9.17) is 4.74 Å². The average Bonchev–Trinajstić information content (AvgIpc) is 2.41. The molecule has 0 saturated carbocycles. The predicted molar refractivity (Wildman–Crippen MR) is 76.0 cm³/mol. The van der Waals surface area contributed by atoms with Crippen LogP contribution in [0.4, 0.5) is 11.6 Å². The highest BCUT2D eigenvalue weighted by Gasteiger charge is 2.16. The molecule has 100 valence electrons. The minimum absolute atomic E-state index is 0.337. The van der Waals surface area contributed by atoms with Gasteiger partial charge in [-0.3, -0.25) is 0 Å². The number of hydrogen-bond donors (Lipinski definition) is 2. The normalized spacial score (nSPS) is 19.6. The number of rotatable bonds is 5. The molecule has 1 fully saturated rings. The molecule has 1 aromatic heterocycles. The van der Waals surface area contributed by atoms with Crippen LogP contribution in [0.5, 0.6) is 0 Å². The third-order valence-electron chi connectivity index (χ3n) is 2.83. The lowest BCUT2D eigenvalue weighted by Gasteiger charge is -2.24. The van der Waals surface area contributed by atoms with Gasteiger partial charge < -0.3 is 15.4 Å². The minimum atomic E-state index is 0.337. The second kappa shape index (κ2) is 6.89. The first-order chi connectivity index (χ1) is 8.81. The molecule has 1 aliphatic heterocycles. The molecule has 1 unspecified atom stereocenters. The van der Waals surface area contributed by atoms with Crippen LogP contribution in [0.25, 0.3) is 0 Å². The summed E-state index contributed by atoms with van der Waals surface area (Å²) in [7, 11) is 0. The van der Waals surface area contributed by atoms with Gasteiger partial charge in [0.2, 0.25) is 0 Å². The maximum atomic E-state index is 5.45. The summed E-state index contributed by atoms with van der Waals surface area (Å²) in [5, 5.41) is 6.67. The van der Waals surface area contributed by atoms with Gasteiger partial charge in [0.25, 0.3) is 0 Å². The van der Waals surface area contributed by atoms with Gasteiger partial charge >= 0.3 is 0 Å². The molecule has 18 heavy (non-hydrogen) atoms. The van der Waals surface area contributed by atoms with Crippen LogP contribution in [0.3, 0.4) is 0 Å². The van der Waals surface area contributed by atoms with Crippen molar-refractivity contribution in [3.63, 3.8) is 0 Å². The standard InChI is InChI=1S/C12H19BrN4O/c1-2-5-14-11-10(13)12(16-8-15-11)17-9-4-3-6-18-7-9/h8-9H,2-7H2,1H3,(H2,14,15,16,17). The first kappa shape index (κ1) is 13.5. The molecule has 0 amide bonds. The third kappa shape index (κ3) is 3.55. The Kier molecular flexibility index (Phi) is 5.19. The lowest BCUT2D eigenvalue weighted by atomic mass is 10.1. The molecule has 2 N–H and O–H groups in total. The summed E-state index contributed by atoms with van der Waals surface area (Å²) >= 11 is 3.55. The van der Waals surface area contributed by atoms with Gasteiger partial charge in [0.15, 0.2) is 0 Å². The van der Waals surface area contributed by atoms with E-state index in [1.54, 1.807) is 6.33 Å². The van der Waals surface area contributed by atoms with Gasteiger partial charge in [-0.05, 0) is 35.2 Å². The Balaban J connectivity index is 2.02. The van der Waals surface area contributed by atoms with Crippen LogP contribution in [-0.2, 0) is 4.74 Å². The molecule has 1 atom stereocenters. The summed E-state index contributed by atoms with van der Waals surface area (Å²) in [6.45, 7) is 4.64. The van der Waals surface area contributed by atoms with Crippen LogP contribution in [0.2, 0.25) is 0 Å². The topological polar surface area (TPSA) is 59.1 Å². The zero-order valence-corrected chi connectivity index (χ0v) is 12.2. The summed E-state index contributed by atoms with van der Waals surface area (Å²) in [5.74, 6) is 1.67. The highest BCUT2D eigenvalue weighted by molar-refractivity contribution is 9.10. The van der Waals surface area contributed by atoms with Gasteiger partial charge in [0.1, 0.15) is 22.4 Å². The van der Waals surface area contributed by atoms with Gasteiger partial charge in [-0.2, -0.15) is 0 Å². The number of hydrogen-bond acceptors (Lipinski definition) is 5. The number of nitrogens with one attached hydrogen (secondary N) is 2. The maximum Gasteiger partial charge on any atom is 0.146 e. The molecule has 5 nitrogen and oxygen atoms in total. The van der Waals surface area contributed by atoms with Crippen molar-refractivity contribution in [3.8, 4) is 0 Å². The average molecular weight is 315 g/mol. The van der Waals surface area contributed by atoms with Crippen LogP contribution in [0.1, 0.15) is 26.2 Å². The Hall–Kier alpha value is -0.880. The molecule has 0 aliphatic carbocycles. The van der Waals surface area contributed by atoms with Crippen molar-refractivity contribution in [3.05, 3.63) is 10.8 Å². The number of ether oxygens (including phenoxy) is 1. The molecule has 0 aromatic carbocycles. The molecule has 0 radical (unpaired) electrons. The Morgan fingerprint density at radius 1 is 1.44 bits per heavy atom. The quantitative estimate of drug-likeness (QED) is 0.875. The summed E-state index contributed by atoms with van der Waals surface area (Å²) in [5.41, 5.74) is 0. The van der Waals surface area contributed by atoms with Gasteiger partial charge in [-0.25, -0.2) is 9.97 Å². The van der Waals surface area contributed by atoms with E-state index in [0.717, 1.165) is 55.1 Å². The molecule has 2 rings (SSSR count). The fourth-order valence-electron chi connectivity index (χ4n) is 1.89. The van der Waals surface area contributed by atoms with Crippen molar-refractivity contribution in [2.75, 3.05) is 30.4 Å². The van der Waals surface area contributed by atoms with Crippen LogP contribution in [-0.4, -0.2) is 35.8 Å². The van der Waals surface area contributed by atoms with E-state index in [1.165, 1.54) is 0 Å². The Labute approximate surface area is 116 Å². The summed E-state index contributed by atoms with van der Waals surface area (Å²) in [6.07, 6.45) is 4.86. The number of anilines is 2. The molecule has 0 spiro atoms. The van der Waals surface area contributed by atoms with E-state index >= 15 is 0 Å². The van der Waals surface area contributed by atoms with Gasteiger partial charge in [-0.15, -0.1) is 0 Å². The summed E-state index contributed by atoms with van der Waals surface area (Å²) in [4.78, 5) is 8.51. The molecule has 6 heteroatoms. The Bertz CT molecular complexity index is 382. The number of halogens is 1. The van der Waals surface area contributed by atoms with E-state index < -0.39 is 0 Å². The van der Waals surface area contributed by atoms with Crippen molar-refractivity contribution in [1.82, 2.24) is 9.97 Å². The highest BCUT2D eigenvalue weighted by Crippen LogP contribution is 2.27. The van der Waals surface area contributed by atoms with Crippen LogP contribution >= 0.6 is 15.9 Å². The van der Waals surface area contributed by atoms with Crippen LogP contribution < -0.4 is 10.6 Å². The SMILES string of the molecule is CCCNc1ncnc(NC2CCCOC2)c1Br. The first-order valence-electron chi connectivity index (χ1n) is 6.40. The van der Waals surface area contributed by atoms with Crippen molar-refractivity contribution >= 4 is 27.6 Å². The third-order valence-corrected chi connectivity index (χ3v) is 3.58. The van der Waals surface area contributed by atoms with Crippen LogP contribution in [0.15, 0.2) is 10.8 Å². The molecule has 2 heterocycles. The van der Waals surface area contributed by atoms with E-state index in [1.807, 2.05) is 0 Å². The number of aromatic nitrogens is 2. The summed E-state index contributed by atoms with van der Waals surface area (Å²) in [6, 6.07) is 0.337. The predicted octanol–water partition coefficient (Wildman–Crippen LogP) is 2.65. The zero-order chi connectivity index (χ0) is 12.8. The van der Waals surface area contributed by atoms with Crippen molar-refractivity contribution in [2.24, 2.45) is 0 Å². The monoisotopic (exact) mass is 314 g/mol. The van der Waals surface area contributed by atoms with Crippen molar-refractivity contribution in [1.29, 1.82) is 0 Å². The molecule has 1 saturated heterocycles. The fraction of sp³-hybridized carbons (Fsp3) is 0.667. The van der Waals surface area contributed by atoms with E-state index in [0.29, 0.717) is 6.04 Å². The summed E-state index contributed by atoms with van der Waals surface area (Å²) < 4.78 is 6.35. The van der Waals surface area contributed by atoms with E-state index in [-0.39, 0.29) is 0 Å². The van der Waals surface area contributed by atoms with Crippen molar-refractivity contribution < 1.29 is 4.74 Å². The van der Waals surface area contributed by atoms with E-state index in [2.05, 4.69) is 43.5 Å². The molecule has 1 aliphatic rings. The first-order valence-corrected chi connectivity index (χ1v) is 7.19. The molecule has 0 bridgehead atoms. The lowest BCUT2D eigenvalue weighted by molar-refractivity contribution is 0.0875. The minimum Gasteiger partial charge on any atom is -0.379 e. The second-order valence-electron chi connectivity index (χ2n) is 4.37. The molecular weight excluding hydrogens is 296 g/mol. The smallest absolute Gasteiger partial charge is 0.146 e. The Morgan fingerprint density at radius 2 is 2.28 bits per heavy atom. The second-order valence-corrected chi connectivity index (χ2v) is 5.16. The van der Waals surface area contributed by atoms with Gasteiger partial charge in [0, 0.05) is 13.2 Å². The number of nitrogens with zero attached hydrogens (tertiary/aromatic N) is 2. The lowest BCUT2D eigenvalue weighted by Crippen LogP contribution is -2.30. The molecular formula is C12H19BrN4O. The van der Waals surface area contributed by atoms with Crippen LogP contribution in [0, 0.1) is 0 Å². The van der Waals surface area contributed by atoms with Crippen molar-refractivity contribution in [2.45, 2.75) is 32.2 Å². The highest BCUT2D eigenvalue weighted by atomic mass is 79.9. The van der Waals surface area contributed by atoms with Gasteiger partial charge in [-0.1, -0.05) is 6.92 Å². The largest absolute Gasteiger partial charge is 0.379 e. The zero-order valence-electron chi connectivity index (χ0n) is 10.6. The maximum absolute atomic E-state index is 5.45. The fourth-order valence-corrected chi connectivity index (χ4v) is 2.34.